The number of carbonyl (C=O) groups is 1. The van der Waals surface area contributed by atoms with Crippen molar-refractivity contribution >= 4 is 5.91 Å². The average molecular weight is 256 g/mol. The summed E-state index contributed by atoms with van der Waals surface area (Å²) in [5.74, 6) is -0.243. The number of nitrogens with two attached hydrogens (primary N) is 1. The van der Waals surface area contributed by atoms with E-state index in [-0.39, 0.29) is 25.0 Å². The zero-order valence-corrected chi connectivity index (χ0v) is 10.1. The fourth-order valence-electron chi connectivity index (χ4n) is 1.30. The van der Waals surface area contributed by atoms with Crippen molar-refractivity contribution in [2.75, 3.05) is 26.3 Å². The molecule has 0 aliphatic heterocycles. The minimum Gasteiger partial charge on any atom is -0.372 e. The van der Waals surface area contributed by atoms with Gasteiger partial charge >= 0.3 is 6.18 Å². The van der Waals surface area contributed by atoms with Crippen LogP contribution in [0.5, 0.6) is 0 Å². The van der Waals surface area contributed by atoms with Crippen molar-refractivity contribution < 1.29 is 22.7 Å². The molecule has 4 nitrogen and oxygen atoms in total. The van der Waals surface area contributed by atoms with Crippen LogP contribution in [-0.2, 0) is 9.53 Å². The molecule has 0 fully saturated rings. The summed E-state index contributed by atoms with van der Waals surface area (Å²) in [5, 5.41) is 0. The van der Waals surface area contributed by atoms with Gasteiger partial charge in [-0.05, 0) is 13.8 Å². The van der Waals surface area contributed by atoms with Crippen LogP contribution in [0.3, 0.4) is 0 Å². The first-order valence-electron chi connectivity index (χ1n) is 5.42. The van der Waals surface area contributed by atoms with Gasteiger partial charge in [0, 0.05) is 19.1 Å². The van der Waals surface area contributed by atoms with E-state index in [1.165, 1.54) is 4.90 Å². The Morgan fingerprint density at radius 3 is 2.41 bits per heavy atom. The number of amides is 1. The quantitative estimate of drug-likeness (QED) is 0.695. The van der Waals surface area contributed by atoms with E-state index in [1.54, 1.807) is 0 Å². The third-order valence-corrected chi connectivity index (χ3v) is 2.04. The Morgan fingerprint density at radius 1 is 1.41 bits per heavy atom. The van der Waals surface area contributed by atoms with E-state index in [0.29, 0.717) is 13.1 Å². The van der Waals surface area contributed by atoms with Crippen molar-refractivity contribution in [3.8, 4) is 0 Å². The minimum absolute atomic E-state index is 0.0198. The van der Waals surface area contributed by atoms with E-state index in [4.69, 9.17) is 5.73 Å². The number of ether oxygens (including phenoxy) is 1. The summed E-state index contributed by atoms with van der Waals surface area (Å²) < 4.78 is 39.6. The van der Waals surface area contributed by atoms with Gasteiger partial charge in [0.25, 0.3) is 0 Å². The van der Waals surface area contributed by atoms with Crippen LogP contribution >= 0.6 is 0 Å². The molecule has 0 unspecified atom stereocenters. The number of hydrogen-bond donors (Lipinski definition) is 1. The van der Waals surface area contributed by atoms with Crippen molar-refractivity contribution in [1.82, 2.24) is 4.90 Å². The topological polar surface area (TPSA) is 55.6 Å². The summed E-state index contributed by atoms with van der Waals surface area (Å²) in [7, 11) is 0. The van der Waals surface area contributed by atoms with Crippen molar-refractivity contribution in [2.45, 2.75) is 32.5 Å². The van der Waals surface area contributed by atoms with Gasteiger partial charge in [0.05, 0.1) is 13.0 Å². The monoisotopic (exact) mass is 256 g/mol. The van der Waals surface area contributed by atoms with E-state index in [1.807, 2.05) is 13.8 Å². The van der Waals surface area contributed by atoms with E-state index in [0.717, 1.165) is 0 Å². The van der Waals surface area contributed by atoms with Crippen LogP contribution in [-0.4, -0.2) is 49.3 Å². The Kier molecular flexibility index (Phi) is 7.13. The van der Waals surface area contributed by atoms with Crippen LogP contribution in [0.2, 0.25) is 0 Å². The first-order valence-corrected chi connectivity index (χ1v) is 5.42. The second-order valence-corrected chi connectivity index (χ2v) is 3.89. The van der Waals surface area contributed by atoms with Gasteiger partial charge in [-0.15, -0.1) is 0 Å². The van der Waals surface area contributed by atoms with Gasteiger partial charge in [-0.1, -0.05) is 0 Å². The molecule has 102 valence electrons. The zero-order chi connectivity index (χ0) is 13.5. The number of hydrogen-bond acceptors (Lipinski definition) is 3. The standard InChI is InChI=1S/C10H19F3N2O2/c1-8(2)15(5-4-14)9(16)3-6-17-7-10(11,12)13/h8H,3-7,14H2,1-2H3. The van der Waals surface area contributed by atoms with Crippen molar-refractivity contribution in [2.24, 2.45) is 5.73 Å². The highest BCUT2D eigenvalue weighted by Crippen LogP contribution is 2.14. The van der Waals surface area contributed by atoms with E-state index in [2.05, 4.69) is 4.74 Å². The Morgan fingerprint density at radius 2 is 2.00 bits per heavy atom. The van der Waals surface area contributed by atoms with Crippen LogP contribution in [0.25, 0.3) is 0 Å². The first-order chi connectivity index (χ1) is 7.78. The molecule has 1 amide bonds. The summed E-state index contributed by atoms with van der Waals surface area (Å²) in [4.78, 5) is 13.1. The molecule has 0 heterocycles. The second-order valence-electron chi connectivity index (χ2n) is 3.89. The van der Waals surface area contributed by atoms with E-state index in [9.17, 15) is 18.0 Å². The maximum Gasteiger partial charge on any atom is 0.411 e. The molecular formula is C10H19F3N2O2. The number of halogens is 3. The molecule has 0 rings (SSSR count). The molecule has 0 radical (unpaired) electrons. The Hall–Kier alpha value is -0.820. The molecule has 0 spiro atoms. The fourth-order valence-corrected chi connectivity index (χ4v) is 1.30. The van der Waals surface area contributed by atoms with Crippen LogP contribution in [0.1, 0.15) is 20.3 Å². The molecule has 0 aliphatic rings. The minimum atomic E-state index is -4.35. The second kappa shape index (κ2) is 7.50. The molecule has 0 aromatic carbocycles. The summed E-state index contributed by atoms with van der Waals surface area (Å²) in [6, 6.07) is -0.0198. The summed E-state index contributed by atoms with van der Waals surface area (Å²) in [5.41, 5.74) is 5.34. The SMILES string of the molecule is CC(C)N(CCN)C(=O)CCOCC(F)(F)F. The number of carbonyl (C=O) groups excluding carboxylic acids is 1. The molecule has 17 heavy (non-hydrogen) atoms. The first kappa shape index (κ1) is 16.2. The molecule has 0 saturated carbocycles. The van der Waals surface area contributed by atoms with Gasteiger partial charge < -0.3 is 15.4 Å². The van der Waals surface area contributed by atoms with Crippen LogP contribution < -0.4 is 5.73 Å². The molecule has 0 atom stereocenters. The van der Waals surface area contributed by atoms with Crippen LogP contribution in [0.15, 0.2) is 0 Å². The molecule has 0 aliphatic carbocycles. The van der Waals surface area contributed by atoms with E-state index >= 15 is 0 Å². The summed E-state index contributed by atoms with van der Waals surface area (Å²) in [6.07, 6.45) is -4.41. The molecule has 0 aromatic heterocycles. The fraction of sp³-hybridized carbons (Fsp3) is 0.900. The largest absolute Gasteiger partial charge is 0.411 e. The smallest absolute Gasteiger partial charge is 0.372 e. The predicted octanol–water partition coefficient (Wildman–Crippen LogP) is 1.15. The lowest BCUT2D eigenvalue weighted by Crippen LogP contribution is -2.40. The lowest BCUT2D eigenvalue weighted by Gasteiger charge is -2.26. The van der Waals surface area contributed by atoms with Gasteiger partial charge in [-0.2, -0.15) is 13.2 Å². The number of nitrogens with zero attached hydrogens (tertiary/aromatic N) is 1. The Balaban J connectivity index is 3.91. The van der Waals surface area contributed by atoms with Crippen LogP contribution in [0, 0.1) is 0 Å². The van der Waals surface area contributed by atoms with Gasteiger partial charge in [-0.25, -0.2) is 0 Å². The molecule has 0 bridgehead atoms. The highest BCUT2D eigenvalue weighted by Gasteiger charge is 2.27. The van der Waals surface area contributed by atoms with Gasteiger partial charge in [0.2, 0.25) is 5.91 Å². The third kappa shape index (κ3) is 7.98. The maximum atomic E-state index is 11.8. The molecular weight excluding hydrogens is 237 g/mol. The predicted molar refractivity (Wildman–Crippen MR) is 57.4 cm³/mol. The van der Waals surface area contributed by atoms with Crippen molar-refractivity contribution in [1.29, 1.82) is 0 Å². The molecule has 2 N–H and O–H groups in total. The normalized spacial score (nSPS) is 11.9. The lowest BCUT2D eigenvalue weighted by molar-refractivity contribution is -0.175. The zero-order valence-electron chi connectivity index (χ0n) is 10.1. The van der Waals surface area contributed by atoms with Gasteiger partial charge in [-0.3, -0.25) is 4.79 Å². The summed E-state index contributed by atoms with van der Waals surface area (Å²) >= 11 is 0. The van der Waals surface area contributed by atoms with Crippen LogP contribution in [0.4, 0.5) is 13.2 Å². The Bertz CT molecular complexity index is 232. The number of rotatable bonds is 7. The molecule has 0 aromatic rings. The maximum absolute atomic E-state index is 11.8. The lowest BCUT2D eigenvalue weighted by atomic mass is 10.2. The highest BCUT2D eigenvalue weighted by atomic mass is 19.4. The van der Waals surface area contributed by atoms with Gasteiger partial charge in [0.15, 0.2) is 0 Å². The highest BCUT2D eigenvalue weighted by molar-refractivity contribution is 5.76. The third-order valence-electron chi connectivity index (χ3n) is 2.04. The van der Waals surface area contributed by atoms with Crippen molar-refractivity contribution in [3.05, 3.63) is 0 Å². The average Bonchev–Trinajstić information content (AvgIpc) is 2.18. The summed E-state index contributed by atoms with van der Waals surface area (Å²) in [6.45, 7) is 2.82. The molecule has 0 saturated heterocycles. The van der Waals surface area contributed by atoms with Gasteiger partial charge in [0.1, 0.15) is 6.61 Å². The van der Waals surface area contributed by atoms with Crippen molar-refractivity contribution in [3.63, 3.8) is 0 Å². The Labute approximate surface area is 98.9 Å². The number of alkyl halides is 3. The molecule has 7 heteroatoms. The van der Waals surface area contributed by atoms with E-state index < -0.39 is 12.8 Å².